The molecule has 1 heteroatoms. The minimum atomic E-state index is -0.00700. The summed E-state index contributed by atoms with van der Waals surface area (Å²) in [6.07, 6.45) is 18.1. The highest BCUT2D eigenvalue weighted by Gasteiger charge is 2.59. The Bertz CT molecular complexity index is 547. The van der Waals surface area contributed by atoms with Crippen molar-refractivity contribution in [3.8, 4) is 0 Å². The number of aliphatic hydroxyl groups is 1. The number of aliphatic hydroxyl groups excluding tert-OH is 1. The van der Waals surface area contributed by atoms with E-state index >= 15 is 0 Å². The molecule has 8 atom stereocenters. The van der Waals surface area contributed by atoms with Crippen molar-refractivity contribution in [1.82, 2.24) is 0 Å². The van der Waals surface area contributed by atoms with Crippen molar-refractivity contribution in [1.29, 1.82) is 0 Å². The van der Waals surface area contributed by atoms with E-state index in [9.17, 15) is 5.11 Å². The van der Waals surface area contributed by atoms with Gasteiger partial charge in [-0.15, -0.1) is 0 Å². The van der Waals surface area contributed by atoms with Gasteiger partial charge >= 0.3 is 0 Å². The second-order valence-corrected chi connectivity index (χ2v) is 13.2. The van der Waals surface area contributed by atoms with E-state index in [4.69, 9.17) is 0 Å². The van der Waals surface area contributed by atoms with Crippen LogP contribution in [0.4, 0.5) is 0 Å². The fraction of sp³-hybridized carbons (Fsp3) is 1.00. The Morgan fingerprint density at radius 1 is 0.821 bits per heavy atom. The molecule has 0 aromatic rings. The molecule has 0 radical (unpaired) electrons. The highest BCUT2D eigenvalue weighted by atomic mass is 16.3. The van der Waals surface area contributed by atoms with Crippen LogP contribution in [0.3, 0.4) is 0 Å². The van der Waals surface area contributed by atoms with E-state index in [2.05, 4.69) is 34.6 Å². The van der Waals surface area contributed by atoms with E-state index in [0.29, 0.717) is 16.2 Å². The maximum Gasteiger partial charge on any atom is 0.0543 e. The van der Waals surface area contributed by atoms with E-state index in [1.807, 2.05) is 0 Å². The van der Waals surface area contributed by atoms with Crippen LogP contribution >= 0.6 is 0 Å². The van der Waals surface area contributed by atoms with Crippen LogP contribution in [0.2, 0.25) is 0 Å². The lowest BCUT2D eigenvalue weighted by Crippen LogP contribution is -2.53. The van der Waals surface area contributed by atoms with Gasteiger partial charge in [-0.1, -0.05) is 47.5 Å². The Kier molecular flexibility index (Phi) is 5.74. The fourth-order valence-electron chi connectivity index (χ4n) is 8.86. The zero-order valence-electron chi connectivity index (χ0n) is 19.6. The third kappa shape index (κ3) is 3.72. The van der Waals surface area contributed by atoms with E-state index in [1.54, 1.807) is 0 Å². The van der Waals surface area contributed by atoms with Gasteiger partial charge in [-0.05, 0) is 116 Å². The van der Waals surface area contributed by atoms with Gasteiger partial charge in [0.05, 0.1) is 6.10 Å². The van der Waals surface area contributed by atoms with E-state index in [0.717, 1.165) is 42.4 Å². The minimum Gasteiger partial charge on any atom is -0.393 e. The van der Waals surface area contributed by atoms with Gasteiger partial charge < -0.3 is 5.11 Å². The summed E-state index contributed by atoms with van der Waals surface area (Å²) in [5, 5.41) is 10.2. The molecule has 4 aliphatic carbocycles. The van der Waals surface area contributed by atoms with Gasteiger partial charge in [0.1, 0.15) is 0 Å². The summed E-state index contributed by atoms with van der Waals surface area (Å²) in [5.74, 6) is 4.75. The quantitative estimate of drug-likeness (QED) is 0.491. The zero-order chi connectivity index (χ0) is 20.2. The average molecular weight is 389 g/mol. The Hall–Kier alpha value is -0.0400. The second kappa shape index (κ2) is 7.58. The van der Waals surface area contributed by atoms with Crippen LogP contribution in [-0.2, 0) is 0 Å². The molecule has 0 saturated heterocycles. The van der Waals surface area contributed by atoms with Crippen LogP contribution in [0.5, 0.6) is 0 Å². The van der Waals surface area contributed by atoms with Gasteiger partial charge in [-0.2, -0.15) is 0 Å². The molecule has 1 N–H and O–H groups in total. The second-order valence-electron chi connectivity index (χ2n) is 13.2. The molecule has 4 aliphatic rings. The van der Waals surface area contributed by atoms with Gasteiger partial charge in [0.2, 0.25) is 0 Å². The monoisotopic (exact) mass is 388 g/mol. The van der Waals surface area contributed by atoms with Crippen LogP contribution in [0.15, 0.2) is 0 Å². The molecule has 4 rings (SSSR count). The molecule has 0 aromatic heterocycles. The van der Waals surface area contributed by atoms with Crippen molar-refractivity contribution in [3.05, 3.63) is 0 Å². The minimum absolute atomic E-state index is 0.00700. The zero-order valence-corrected chi connectivity index (χ0v) is 19.6. The first kappa shape index (κ1) is 21.2. The Balaban J connectivity index is 1.41. The normalized spacial score (nSPS) is 48.6. The fourth-order valence-corrected chi connectivity index (χ4v) is 8.86. The summed E-state index contributed by atoms with van der Waals surface area (Å²) in [7, 11) is 0. The highest BCUT2D eigenvalue weighted by Crippen LogP contribution is 2.67. The smallest absolute Gasteiger partial charge is 0.0543 e. The molecule has 0 amide bonds. The van der Waals surface area contributed by atoms with Crippen LogP contribution < -0.4 is 0 Å². The average Bonchev–Trinajstić information content (AvgIpc) is 2.95. The van der Waals surface area contributed by atoms with Crippen LogP contribution in [0.25, 0.3) is 0 Å². The number of fused-ring (bicyclic) bond motifs is 5. The molecule has 4 saturated carbocycles. The van der Waals surface area contributed by atoms with Gasteiger partial charge in [-0.25, -0.2) is 0 Å². The Morgan fingerprint density at radius 3 is 2.29 bits per heavy atom. The molecule has 162 valence electrons. The molecular formula is C27H48O. The largest absolute Gasteiger partial charge is 0.393 e. The standard InChI is InChI=1S/C27H48O/c1-25(2,3)15-7-6-8-19-10-12-23-22-11-9-20-18-21(28)13-16-27(20,5)24(22)14-17-26(19,23)4/h19-24,28H,6-18H2,1-5H3/t19-,20?,21-,22-,23?,24?,26?,27?/m0/s1. The molecular weight excluding hydrogens is 340 g/mol. The van der Waals surface area contributed by atoms with Crippen molar-refractivity contribution >= 4 is 0 Å². The first-order chi connectivity index (χ1) is 13.1. The van der Waals surface area contributed by atoms with Crippen molar-refractivity contribution in [2.75, 3.05) is 0 Å². The van der Waals surface area contributed by atoms with E-state index in [1.165, 1.54) is 70.6 Å². The maximum atomic E-state index is 10.2. The van der Waals surface area contributed by atoms with Crippen molar-refractivity contribution in [2.45, 2.75) is 124 Å². The first-order valence-electron chi connectivity index (χ1n) is 12.8. The maximum absolute atomic E-state index is 10.2. The predicted octanol–water partition coefficient (Wildman–Crippen LogP) is 7.61. The number of hydrogen-bond acceptors (Lipinski definition) is 1. The van der Waals surface area contributed by atoms with Crippen LogP contribution in [0, 0.1) is 45.8 Å². The molecule has 0 bridgehead atoms. The van der Waals surface area contributed by atoms with Crippen molar-refractivity contribution < 1.29 is 5.11 Å². The first-order valence-corrected chi connectivity index (χ1v) is 12.8. The van der Waals surface area contributed by atoms with Gasteiger partial charge in [-0.3, -0.25) is 0 Å². The predicted molar refractivity (Wildman–Crippen MR) is 119 cm³/mol. The van der Waals surface area contributed by atoms with E-state index in [-0.39, 0.29) is 6.10 Å². The summed E-state index contributed by atoms with van der Waals surface area (Å²) in [5.41, 5.74) is 1.68. The lowest BCUT2D eigenvalue weighted by atomic mass is 9.44. The molecule has 0 aromatic carbocycles. The summed E-state index contributed by atoms with van der Waals surface area (Å²) in [6.45, 7) is 12.5. The molecule has 28 heavy (non-hydrogen) atoms. The molecule has 1 nitrogen and oxygen atoms in total. The topological polar surface area (TPSA) is 20.2 Å². The Labute approximate surface area is 175 Å². The summed E-state index contributed by atoms with van der Waals surface area (Å²) >= 11 is 0. The summed E-state index contributed by atoms with van der Waals surface area (Å²) < 4.78 is 0. The molecule has 0 spiro atoms. The SMILES string of the molecule is CC(C)(C)CCCC[C@H]1CCC2[C@@H]3CCC4C[C@@H](O)CCC4(C)C3CCC21C. The molecule has 4 fully saturated rings. The lowest BCUT2D eigenvalue weighted by molar-refractivity contribution is -0.127. The summed E-state index contributed by atoms with van der Waals surface area (Å²) in [6, 6.07) is 0. The molecule has 5 unspecified atom stereocenters. The highest BCUT2D eigenvalue weighted by molar-refractivity contribution is 5.09. The van der Waals surface area contributed by atoms with E-state index < -0.39 is 0 Å². The van der Waals surface area contributed by atoms with Gasteiger partial charge in [0.15, 0.2) is 0 Å². The Morgan fingerprint density at radius 2 is 1.54 bits per heavy atom. The molecule has 0 heterocycles. The number of rotatable bonds is 4. The number of hydrogen-bond donors (Lipinski definition) is 1. The molecule has 0 aliphatic heterocycles. The van der Waals surface area contributed by atoms with Gasteiger partial charge in [0.25, 0.3) is 0 Å². The number of unbranched alkanes of at least 4 members (excludes halogenated alkanes) is 1. The van der Waals surface area contributed by atoms with Gasteiger partial charge in [0, 0.05) is 0 Å². The van der Waals surface area contributed by atoms with Crippen molar-refractivity contribution in [2.24, 2.45) is 45.8 Å². The van der Waals surface area contributed by atoms with Crippen LogP contribution in [0.1, 0.15) is 118 Å². The van der Waals surface area contributed by atoms with Crippen LogP contribution in [-0.4, -0.2) is 11.2 Å². The van der Waals surface area contributed by atoms with Crippen molar-refractivity contribution in [3.63, 3.8) is 0 Å². The third-order valence-electron chi connectivity index (χ3n) is 10.6. The third-order valence-corrected chi connectivity index (χ3v) is 10.6. The lowest BCUT2D eigenvalue weighted by Gasteiger charge is -2.61. The summed E-state index contributed by atoms with van der Waals surface area (Å²) in [4.78, 5) is 0.